The highest BCUT2D eigenvalue weighted by molar-refractivity contribution is 7.78. The van der Waals surface area contributed by atoms with E-state index < -0.39 is 7.14 Å². The summed E-state index contributed by atoms with van der Waals surface area (Å²) in [5, 5.41) is 1.89. The van der Waals surface area contributed by atoms with Crippen molar-refractivity contribution in [1.82, 2.24) is 0 Å². The Hall–Kier alpha value is -2.18. The molecule has 0 N–H and O–H groups in total. The quantitative estimate of drug-likeness (QED) is 0.215. The third kappa shape index (κ3) is 8.80. The Bertz CT molecular complexity index is 1290. The molecule has 3 fully saturated rings. The third-order valence-corrected chi connectivity index (χ3v) is 14.6. The van der Waals surface area contributed by atoms with Crippen molar-refractivity contribution in [3.8, 4) is 0 Å². The first-order chi connectivity index (χ1) is 21.2. The lowest BCUT2D eigenvalue weighted by atomic mass is 9.62. The molecular formula is C42H61O2P. The van der Waals surface area contributed by atoms with Gasteiger partial charge in [-0.1, -0.05) is 146 Å². The Labute approximate surface area is 275 Å². The average Bonchev–Trinajstić information content (AvgIpc) is 3.37. The largest absolute Gasteiger partial charge is 0.313 e. The number of Topliss-reactive ketones (excluding diaryl/α,β-unsaturated/α-hetero) is 1. The van der Waals surface area contributed by atoms with Crippen molar-refractivity contribution in [3.63, 3.8) is 0 Å². The lowest BCUT2D eigenvalue weighted by Crippen LogP contribution is -2.39. The first-order valence-electron chi connectivity index (χ1n) is 17.8. The fourth-order valence-electron chi connectivity index (χ4n) is 8.80. The van der Waals surface area contributed by atoms with E-state index in [4.69, 9.17) is 0 Å². The summed E-state index contributed by atoms with van der Waals surface area (Å²) in [5.74, 6) is 3.58. The number of benzene rings is 2. The topological polar surface area (TPSA) is 34.1 Å². The second-order valence-electron chi connectivity index (χ2n) is 16.2. The van der Waals surface area contributed by atoms with E-state index in [1.807, 2.05) is 60.7 Å². The maximum absolute atomic E-state index is 14.0. The van der Waals surface area contributed by atoms with E-state index >= 15 is 0 Å². The molecule has 0 bridgehead atoms. The lowest BCUT2D eigenvalue weighted by molar-refractivity contribution is -0.130. The van der Waals surface area contributed by atoms with Gasteiger partial charge in [0.05, 0.1) is 0 Å². The highest BCUT2D eigenvalue weighted by atomic mass is 31.2. The minimum absolute atomic E-state index is 0.330. The molecule has 3 aliphatic rings. The van der Waals surface area contributed by atoms with E-state index in [9.17, 15) is 9.36 Å². The zero-order chi connectivity index (χ0) is 32.8. The second-order valence-corrected chi connectivity index (χ2v) is 19.1. The Morgan fingerprint density at radius 3 is 2.04 bits per heavy atom. The fraction of sp³-hybridized carbons (Fsp3) is 0.595. The van der Waals surface area contributed by atoms with Crippen molar-refractivity contribution in [2.24, 2.45) is 40.4 Å². The van der Waals surface area contributed by atoms with Gasteiger partial charge in [0.25, 0.3) is 0 Å². The number of rotatable bonds is 8. The van der Waals surface area contributed by atoms with Gasteiger partial charge in [-0.2, -0.15) is 0 Å². The van der Waals surface area contributed by atoms with Gasteiger partial charge >= 0.3 is 0 Å². The summed E-state index contributed by atoms with van der Waals surface area (Å²) in [7, 11) is -2.64. The van der Waals surface area contributed by atoms with Crippen LogP contribution in [-0.4, -0.2) is 11.9 Å². The van der Waals surface area contributed by atoms with Crippen LogP contribution in [0.5, 0.6) is 0 Å². The van der Waals surface area contributed by atoms with Crippen LogP contribution in [0.2, 0.25) is 0 Å². The van der Waals surface area contributed by atoms with Gasteiger partial charge in [0.2, 0.25) is 0 Å². The van der Waals surface area contributed by atoms with Crippen LogP contribution in [0.1, 0.15) is 113 Å². The molecule has 45 heavy (non-hydrogen) atoms. The maximum atomic E-state index is 14.0. The molecule has 0 aliphatic heterocycles. The summed E-state index contributed by atoms with van der Waals surface area (Å²) in [6.45, 7) is 20.6. The van der Waals surface area contributed by atoms with Gasteiger partial charge in [-0.15, -0.1) is 0 Å². The van der Waals surface area contributed by atoms with Crippen LogP contribution in [0.15, 0.2) is 84.5 Å². The molecule has 2 aromatic rings. The van der Waals surface area contributed by atoms with E-state index in [2.05, 4.69) is 61.1 Å². The minimum atomic E-state index is -2.64. The molecule has 246 valence electrons. The monoisotopic (exact) mass is 628 g/mol. The number of allylic oxidation sites excluding steroid dienone is 3. The molecule has 3 saturated carbocycles. The number of hydrogen-bond donors (Lipinski definition) is 0. The van der Waals surface area contributed by atoms with Crippen molar-refractivity contribution in [2.45, 2.75) is 113 Å². The van der Waals surface area contributed by atoms with Gasteiger partial charge in [-0.05, 0) is 79.4 Å². The molecule has 0 heterocycles. The van der Waals surface area contributed by atoms with Gasteiger partial charge in [0.15, 0.2) is 0 Å². The van der Waals surface area contributed by atoms with Crippen LogP contribution in [0, 0.1) is 40.4 Å². The van der Waals surface area contributed by atoms with Gasteiger partial charge in [-0.3, -0.25) is 4.79 Å². The SMILES string of the molecule is C=C1[C@H](C)CC(=CCP(=O)(c2ccccc2)c2ccccc2)C[C@H]1C.C[C@@H](CCCC(C)(C)C)C1CC[C@H]2C(=O)CCC[C@]12C. The van der Waals surface area contributed by atoms with Gasteiger partial charge < -0.3 is 4.57 Å². The van der Waals surface area contributed by atoms with Crippen molar-refractivity contribution >= 4 is 23.5 Å². The molecule has 1 unspecified atom stereocenters. The molecule has 0 amide bonds. The van der Waals surface area contributed by atoms with Crippen molar-refractivity contribution in [3.05, 3.63) is 84.5 Å². The first kappa shape index (κ1) is 35.7. The number of carbonyl (C=O) groups is 1. The van der Waals surface area contributed by atoms with Crippen LogP contribution < -0.4 is 10.6 Å². The number of carbonyl (C=O) groups excluding carboxylic acids is 1. The van der Waals surface area contributed by atoms with E-state index in [0.717, 1.165) is 48.1 Å². The van der Waals surface area contributed by atoms with Gasteiger partial charge in [0, 0.05) is 29.1 Å². The molecule has 2 aromatic carbocycles. The molecule has 0 aromatic heterocycles. The maximum Gasteiger partial charge on any atom is 0.146 e. The van der Waals surface area contributed by atoms with E-state index in [-0.39, 0.29) is 0 Å². The van der Waals surface area contributed by atoms with Crippen LogP contribution in [0.3, 0.4) is 0 Å². The first-order valence-corrected chi connectivity index (χ1v) is 19.7. The Morgan fingerprint density at radius 2 is 1.51 bits per heavy atom. The summed E-state index contributed by atoms with van der Waals surface area (Å²) in [6.07, 6.45) is 14.7. The summed E-state index contributed by atoms with van der Waals surface area (Å²) in [5.41, 5.74) is 3.57. The number of ketones is 1. The normalized spacial score (nSPS) is 27.8. The molecule has 2 nitrogen and oxygen atoms in total. The molecule has 5 rings (SSSR count). The summed E-state index contributed by atoms with van der Waals surface area (Å²) < 4.78 is 14.0. The predicted molar refractivity (Wildman–Crippen MR) is 195 cm³/mol. The van der Waals surface area contributed by atoms with Crippen molar-refractivity contribution in [2.75, 3.05) is 6.16 Å². The molecule has 3 aliphatic carbocycles. The third-order valence-electron chi connectivity index (χ3n) is 11.6. The minimum Gasteiger partial charge on any atom is -0.313 e. The zero-order valence-electron chi connectivity index (χ0n) is 29.5. The molecule has 6 atom stereocenters. The van der Waals surface area contributed by atoms with Crippen LogP contribution >= 0.6 is 7.14 Å². The summed E-state index contributed by atoms with van der Waals surface area (Å²) >= 11 is 0. The van der Waals surface area contributed by atoms with E-state index in [0.29, 0.717) is 40.5 Å². The Morgan fingerprint density at radius 1 is 0.956 bits per heavy atom. The fourth-order valence-corrected chi connectivity index (χ4v) is 11.3. The average molecular weight is 629 g/mol. The van der Waals surface area contributed by atoms with Crippen LogP contribution in [-0.2, 0) is 9.36 Å². The van der Waals surface area contributed by atoms with Crippen LogP contribution in [0.25, 0.3) is 0 Å². The standard InChI is InChI=1S/C23H27OP.C19H34O/c1-18-16-21(17-19(2)20(18)3)14-15-25(24,22-10-6-4-7-11-22)23-12-8-5-9-13-23;1-14(8-6-12-18(2,3)4)15-10-11-16-17(20)9-7-13-19(15,16)5/h4-14,18-19H,3,15-17H2,1-2H3;14-16H,6-13H2,1-5H3/t18-,19-;14-,15?,16-,19+/m10/s1. The van der Waals surface area contributed by atoms with E-state index in [1.165, 1.54) is 49.7 Å². The van der Waals surface area contributed by atoms with E-state index in [1.54, 1.807) is 0 Å². The summed E-state index contributed by atoms with van der Waals surface area (Å²) in [4.78, 5) is 12.2. The van der Waals surface area contributed by atoms with Crippen molar-refractivity contribution in [1.29, 1.82) is 0 Å². The molecular weight excluding hydrogens is 567 g/mol. The molecule has 3 heteroatoms. The van der Waals surface area contributed by atoms with Crippen molar-refractivity contribution < 1.29 is 9.36 Å². The highest BCUT2D eigenvalue weighted by Gasteiger charge is 2.52. The Kier molecular flexibility index (Phi) is 12.0. The highest BCUT2D eigenvalue weighted by Crippen LogP contribution is 2.57. The molecule has 0 spiro atoms. The summed E-state index contributed by atoms with van der Waals surface area (Å²) in [6, 6.07) is 19.9. The second kappa shape index (κ2) is 15.2. The van der Waals surface area contributed by atoms with Gasteiger partial charge in [0.1, 0.15) is 12.9 Å². The van der Waals surface area contributed by atoms with Gasteiger partial charge in [-0.25, -0.2) is 0 Å². The predicted octanol–water partition coefficient (Wildman–Crippen LogP) is 11.2. The zero-order valence-corrected chi connectivity index (χ0v) is 30.4. The number of fused-ring (bicyclic) bond motifs is 1. The smallest absolute Gasteiger partial charge is 0.146 e. The lowest BCUT2D eigenvalue weighted by Gasteiger charge is -2.42. The number of hydrogen-bond acceptors (Lipinski definition) is 2. The molecule has 0 saturated heterocycles. The van der Waals surface area contributed by atoms with Crippen LogP contribution in [0.4, 0.5) is 0 Å². The Balaban J connectivity index is 0.000000210. The molecule has 0 radical (unpaired) electrons.